The molecule has 168 valence electrons. The van der Waals surface area contributed by atoms with E-state index in [1.807, 2.05) is 30.3 Å². The largest absolute Gasteiger partial charge is 0.325 e. The molecule has 0 fully saturated rings. The van der Waals surface area contributed by atoms with Crippen molar-refractivity contribution in [3.63, 3.8) is 0 Å². The highest BCUT2D eigenvalue weighted by Gasteiger charge is 2.27. The molecule has 0 saturated carbocycles. The number of benzene rings is 3. The summed E-state index contributed by atoms with van der Waals surface area (Å²) < 4.78 is 40.8. The van der Waals surface area contributed by atoms with Crippen LogP contribution in [0.5, 0.6) is 0 Å². The SMILES string of the molecule is CCCCc1ccc(NC(=O)CN(Cc2ccccc2)S(=O)(=O)c2ccc(F)cc2)cc1. The smallest absolute Gasteiger partial charge is 0.243 e. The summed E-state index contributed by atoms with van der Waals surface area (Å²) in [5.74, 6) is -0.980. The average Bonchev–Trinajstić information content (AvgIpc) is 2.79. The molecule has 0 saturated heterocycles. The summed E-state index contributed by atoms with van der Waals surface area (Å²) in [5, 5.41) is 2.77. The lowest BCUT2D eigenvalue weighted by Crippen LogP contribution is -2.37. The summed E-state index contributed by atoms with van der Waals surface area (Å²) in [6.07, 6.45) is 3.19. The fraction of sp³-hybridized carbons (Fsp3) is 0.240. The van der Waals surface area contributed by atoms with E-state index in [1.54, 1.807) is 24.3 Å². The van der Waals surface area contributed by atoms with E-state index in [2.05, 4.69) is 12.2 Å². The van der Waals surface area contributed by atoms with Gasteiger partial charge in [-0.25, -0.2) is 12.8 Å². The first-order chi connectivity index (χ1) is 15.4. The first-order valence-electron chi connectivity index (χ1n) is 10.6. The van der Waals surface area contributed by atoms with E-state index in [1.165, 1.54) is 17.7 Å². The molecule has 0 aliphatic heterocycles. The number of carbonyl (C=O) groups is 1. The molecule has 0 aliphatic rings. The van der Waals surface area contributed by atoms with Gasteiger partial charge in [0.05, 0.1) is 11.4 Å². The van der Waals surface area contributed by atoms with Crippen LogP contribution in [0.1, 0.15) is 30.9 Å². The molecule has 5 nitrogen and oxygen atoms in total. The van der Waals surface area contributed by atoms with Gasteiger partial charge >= 0.3 is 0 Å². The second kappa shape index (κ2) is 11.0. The third-order valence-electron chi connectivity index (χ3n) is 5.03. The zero-order valence-electron chi connectivity index (χ0n) is 18.0. The number of aryl methyl sites for hydroxylation is 1. The highest BCUT2D eigenvalue weighted by Crippen LogP contribution is 2.19. The number of carbonyl (C=O) groups excluding carboxylic acids is 1. The number of hydrogen-bond acceptors (Lipinski definition) is 3. The predicted octanol–water partition coefficient (Wildman–Crippen LogP) is 5.00. The Balaban J connectivity index is 1.77. The van der Waals surface area contributed by atoms with Gasteiger partial charge < -0.3 is 5.32 Å². The van der Waals surface area contributed by atoms with Gasteiger partial charge in [-0.2, -0.15) is 4.31 Å². The Morgan fingerprint density at radius 2 is 1.56 bits per heavy atom. The quantitative estimate of drug-likeness (QED) is 0.469. The number of nitrogens with zero attached hydrogens (tertiary/aromatic N) is 1. The van der Waals surface area contributed by atoms with Gasteiger partial charge in [0.1, 0.15) is 5.82 Å². The molecule has 3 aromatic carbocycles. The summed E-state index contributed by atoms with van der Waals surface area (Å²) in [5.41, 5.74) is 2.54. The molecule has 0 radical (unpaired) electrons. The van der Waals surface area contributed by atoms with E-state index >= 15 is 0 Å². The number of sulfonamides is 1. The Kier molecular flexibility index (Phi) is 8.14. The van der Waals surface area contributed by atoms with Crippen LogP contribution in [0.4, 0.5) is 10.1 Å². The van der Waals surface area contributed by atoms with Gasteiger partial charge in [-0.15, -0.1) is 0 Å². The molecule has 7 heteroatoms. The molecule has 0 spiro atoms. The highest BCUT2D eigenvalue weighted by molar-refractivity contribution is 7.89. The number of unbranched alkanes of at least 4 members (excludes halogenated alkanes) is 1. The fourth-order valence-electron chi connectivity index (χ4n) is 3.26. The van der Waals surface area contributed by atoms with Gasteiger partial charge in [0.15, 0.2) is 0 Å². The van der Waals surface area contributed by atoms with E-state index in [9.17, 15) is 17.6 Å². The van der Waals surface area contributed by atoms with Crippen molar-refractivity contribution >= 4 is 21.6 Å². The Morgan fingerprint density at radius 1 is 0.906 bits per heavy atom. The maximum atomic E-state index is 13.3. The van der Waals surface area contributed by atoms with Crippen LogP contribution in [0.25, 0.3) is 0 Å². The standard InChI is InChI=1S/C25H27FN2O3S/c1-2-3-7-20-10-14-23(15-11-20)27-25(29)19-28(18-21-8-5-4-6-9-21)32(30,31)24-16-12-22(26)13-17-24/h4-6,8-17H,2-3,7,18-19H2,1H3,(H,27,29). The number of rotatable bonds is 10. The maximum Gasteiger partial charge on any atom is 0.243 e. The Morgan fingerprint density at radius 3 is 2.19 bits per heavy atom. The number of halogens is 1. The molecular weight excluding hydrogens is 427 g/mol. The van der Waals surface area contributed by atoms with Crippen LogP contribution in [0.3, 0.4) is 0 Å². The summed E-state index contributed by atoms with van der Waals surface area (Å²) in [4.78, 5) is 12.7. The number of nitrogens with one attached hydrogen (secondary N) is 1. The molecular formula is C25H27FN2O3S. The van der Waals surface area contributed by atoms with Gasteiger partial charge in [0, 0.05) is 12.2 Å². The number of amides is 1. The van der Waals surface area contributed by atoms with E-state index in [4.69, 9.17) is 0 Å². The van der Waals surface area contributed by atoms with Crippen LogP contribution in [0.2, 0.25) is 0 Å². The lowest BCUT2D eigenvalue weighted by atomic mass is 10.1. The third kappa shape index (κ3) is 6.48. The van der Waals surface area contributed by atoms with Crippen LogP contribution in [0.15, 0.2) is 83.8 Å². The zero-order chi connectivity index (χ0) is 23.0. The lowest BCUT2D eigenvalue weighted by molar-refractivity contribution is -0.116. The molecule has 0 aromatic heterocycles. The summed E-state index contributed by atoms with van der Waals surface area (Å²) in [6, 6.07) is 21.2. The Hall–Kier alpha value is -3.03. The Bertz CT molecular complexity index is 1120. The highest BCUT2D eigenvalue weighted by atomic mass is 32.2. The maximum absolute atomic E-state index is 13.3. The molecule has 0 heterocycles. The molecule has 3 aromatic rings. The monoisotopic (exact) mass is 454 g/mol. The first-order valence-corrected chi connectivity index (χ1v) is 12.0. The van der Waals surface area contributed by atoms with E-state index in [0.717, 1.165) is 41.3 Å². The first kappa shape index (κ1) is 23.6. The van der Waals surface area contributed by atoms with Crippen LogP contribution < -0.4 is 5.32 Å². The van der Waals surface area contributed by atoms with Crippen LogP contribution in [-0.2, 0) is 27.8 Å². The van der Waals surface area contributed by atoms with Crippen molar-refractivity contribution in [1.29, 1.82) is 0 Å². The number of anilines is 1. The minimum atomic E-state index is -4.01. The van der Waals surface area contributed by atoms with E-state index in [-0.39, 0.29) is 18.0 Å². The van der Waals surface area contributed by atoms with Crippen molar-refractivity contribution in [2.45, 2.75) is 37.6 Å². The molecule has 1 N–H and O–H groups in total. The zero-order valence-corrected chi connectivity index (χ0v) is 18.8. The topological polar surface area (TPSA) is 66.5 Å². The molecule has 0 aliphatic carbocycles. The van der Waals surface area contributed by atoms with Crippen molar-refractivity contribution < 1.29 is 17.6 Å². The normalized spacial score (nSPS) is 11.5. The van der Waals surface area contributed by atoms with Crippen molar-refractivity contribution in [1.82, 2.24) is 4.31 Å². The summed E-state index contributed by atoms with van der Waals surface area (Å²) in [6.45, 7) is 1.78. The summed E-state index contributed by atoms with van der Waals surface area (Å²) >= 11 is 0. The van der Waals surface area contributed by atoms with Gasteiger partial charge in [0.25, 0.3) is 0 Å². The predicted molar refractivity (Wildman–Crippen MR) is 124 cm³/mol. The summed E-state index contributed by atoms with van der Waals surface area (Å²) in [7, 11) is -4.01. The lowest BCUT2D eigenvalue weighted by Gasteiger charge is -2.22. The Labute approximate surface area is 188 Å². The molecule has 1 amide bonds. The second-order valence-corrected chi connectivity index (χ2v) is 9.50. The fourth-order valence-corrected chi connectivity index (χ4v) is 4.65. The van der Waals surface area contributed by atoms with Crippen LogP contribution in [0, 0.1) is 5.82 Å². The third-order valence-corrected chi connectivity index (χ3v) is 6.84. The van der Waals surface area contributed by atoms with Crippen molar-refractivity contribution in [3.8, 4) is 0 Å². The van der Waals surface area contributed by atoms with Crippen molar-refractivity contribution in [2.24, 2.45) is 0 Å². The molecule has 0 unspecified atom stereocenters. The van der Waals surface area contributed by atoms with E-state index < -0.39 is 21.7 Å². The minimum absolute atomic E-state index is 0.0178. The second-order valence-electron chi connectivity index (χ2n) is 7.56. The molecule has 0 atom stereocenters. The van der Waals surface area contributed by atoms with E-state index in [0.29, 0.717) is 5.69 Å². The van der Waals surface area contributed by atoms with Gasteiger partial charge in [0.2, 0.25) is 15.9 Å². The molecule has 3 rings (SSSR count). The van der Waals surface area contributed by atoms with Gasteiger partial charge in [-0.3, -0.25) is 4.79 Å². The van der Waals surface area contributed by atoms with Gasteiger partial charge in [-0.05, 0) is 60.4 Å². The minimum Gasteiger partial charge on any atom is -0.325 e. The molecule has 0 bridgehead atoms. The average molecular weight is 455 g/mol. The van der Waals surface area contributed by atoms with Gasteiger partial charge in [-0.1, -0.05) is 55.8 Å². The van der Waals surface area contributed by atoms with Crippen molar-refractivity contribution in [3.05, 3.63) is 95.8 Å². The van der Waals surface area contributed by atoms with Crippen LogP contribution in [-0.4, -0.2) is 25.2 Å². The van der Waals surface area contributed by atoms with Crippen LogP contribution >= 0.6 is 0 Å². The number of hydrogen-bond donors (Lipinski definition) is 1. The molecule has 32 heavy (non-hydrogen) atoms. The van der Waals surface area contributed by atoms with Crippen molar-refractivity contribution in [2.75, 3.05) is 11.9 Å².